The molecule has 0 rings (SSSR count). The van der Waals surface area contributed by atoms with Crippen LogP contribution in [-0.4, -0.2) is 73.8 Å². The molecule has 0 aliphatic carbocycles. The van der Waals surface area contributed by atoms with Gasteiger partial charge in [0.15, 0.2) is 0 Å². The molecule has 12 heteroatoms. The average Bonchev–Trinajstić information content (AvgIpc) is 2.90. The summed E-state index contributed by atoms with van der Waals surface area (Å²) in [5, 5.41) is 14.2. The first-order valence-electron chi connectivity index (χ1n) is 14.4. The van der Waals surface area contributed by atoms with E-state index >= 15 is 0 Å². The van der Waals surface area contributed by atoms with Gasteiger partial charge in [-0.25, -0.2) is 0 Å². The van der Waals surface area contributed by atoms with Crippen molar-refractivity contribution < 1.29 is 24.0 Å². The van der Waals surface area contributed by atoms with E-state index in [4.69, 9.17) is 0 Å². The van der Waals surface area contributed by atoms with Crippen LogP contribution in [0.1, 0.15) is 80.6 Å². The van der Waals surface area contributed by atoms with E-state index in [-0.39, 0.29) is 48.4 Å². The Morgan fingerprint density at radius 3 is 1.90 bits per heavy atom. The van der Waals surface area contributed by atoms with Gasteiger partial charge >= 0.3 is 0 Å². The quantitative estimate of drug-likeness (QED) is 0.0758. The van der Waals surface area contributed by atoms with Gasteiger partial charge in [-0.05, 0) is 46.5 Å². The van der Waals surface area contributed by atoms with Crippen LogP contribution in [0.2, 0.25) is 0 Å². The van der Waals surface area contributed by atoms with Gasteiger partial charge in [-0.3, -0.25) is 24.0 Å². The van der Waals surface area contributed by atoms with Crippen molar-refractivity contribution in [1.82, 2.24) is 26.6 Å². The zero-order chi connectivity index (χ0) is 31.6. The fraction of sp³-hybridized carbons (Fsp3) is 0.759. The smallest absolute Gasteiger partial charge is 0.246 e. The monoisotopic (exact) mass is 615 g/mol. The summed E-state index contributed by atoms with van der Waals surface area (Å²) < 4.78 is 0. The molecule has 0 heterocycles. The summed E-state index contributed by atoms with van der Waals surface area (Å²) in [6.07, 6.45) is 1.87. The van der Waals surface area contributed by atoms with Crippen LogP contribution in [-0.2, 0) is 24.0 Å². The Morgan fingerprint density at radius 1 is 0.854 bits per heavy atom. The van der Waals surface area contributed by atoms with Crippen molar-refractivity contribution in [3.05, 3.63) is 12.2 Å². The minimum absolute atomic E-state index is 0.0208. The molecule has 3 atom stereocenters. The fourth-order valence-corrected chi connectivity index (χ4v) is 6.16. The number of nitrogens with one attached hydrogen (secondary N) is 5. The number of hydrogen-bond donors (Lipinski definition) is 5. The SMILES string of the molecule is C=C(C)C(=O)NCCSSCCNC(=O)C(C)(CC)CC(C)(CC(C)C(=O)NC(C)C)C(=O)NCCCC(=O)NC. The van der Waals surface area contributed by atoms with Crippen molar-refractivity contribution in [1.29, 1.82) is 0 Å². The Hall–Kier alpha value is -2.21. The summed E-state index contributed by atoms with van der Waals surface area (Å²) in [6, 6.07) is -0.0208. The van der Waals surface area contributed by atoms with E-state index in [2.05, 4.69) is 33.2 Å². The number of amides is 5. The van der Waals surface area contributed by atoms with Crippen LogP contribution in [0.4, 0.5) is 0 Å². The van der Waals surface area contributed by atoms with Gasteiger partial charge in [0.2, 0.25) is 29.5 Å². The number of rotatable bonds is 21. The van der Waals surface area contributed by atoms with Crippen LogP contribution >= 0.6 is 21.6 Å². The lowest BCUT2D eigenvalue weighted by Crippen LogP contribution is -2.49. The highest BCUT2D eigenvalue weighted by atomic mass is 33.1. The molecule has 0 saturated carbocycles. The zero-order valence-corrected chi connectivity index (χ0v) is 27.9. The first-order valence-corrected chi connectivity index (χ1v) is 16.9. The van der Waals surface area contributed by atoms with Gasteiger partial charge < -0.3 is 26.6 Å². The molecule has 0 spiro atoms. The molecule has 0 saturated heterocycles. The molecule has 0 aliphatic heterocycles. The van der Waals surface area contributed by atoms with Gasteiger partial charge in [0.25, 0.3) is 0 Å². The van der Waals surface area contributed by atoms with Crippen molar-refractivity contribution >= 4 is 51.1 Å². The lowest BCUT2D eigenvalue weighted by Gasteiger charge is -2.38. The lowest BCUT2D eigenvalue weighted by molar-refractivity contribution is -0.139. The Bertz CT molecular complexity index is 901. The molecule has 236 valence electrons. The van der Waals surface area contributed by atoms with E-state index in [1.807, 2.05) is 34.6 Å². The summed E-state index contributed by atoms with van der Waals surface area (Å²) >= 11 is 0. The number of hydrogen-bond acceptors (Lipinski definition) is 7. The first kappa shape index (κ1) is 38.8. The van der Waals surface area contributed by atoms with Crippen LogP contribution in [0.3, 0.4) is 0 Å². The Balaban J connectivity index is 5.24. The van der Waals surface area contributed by atoms with Crippen LogP contribution in [0.5, 0.6) is 0 Å². The Labute approximate surface area is 254 Å². The van der Waals surface area contributed by atoms with E-state index in [1.165, 1.54) is 0 Å². The minimum atomic E-state index is -0.984. The molecule has 10 nitrogen and oxygen atoms in total. The minimum Gasteiger partial charge on any atom is -0.359 e. The molecule has 0 radical (unpaired) electrons. The van der Waals surface area contributed by atoms with Crippen LogP contribution in [0.25, 0.3) is 0 Å². The second-order valence-electron chi connectivity index (χ2n) is 11.4. The standard InChI is InChI=1S/C29H53N5O5S2/c1-10-28(7,26(38)33-15-17-41-40-16-14-31-24(36)20(2)3)19-29(8,18-22(6)25(37)34-21(4)5)27(39)32-13-11-12-23(35)30-9/h21-22H,2,10-19H2,1,3-9H3,(H,30,35)(H,31,36)(H,32,39)(H,33,38)(H,34,37). The van der Waals surface area contributed by atoms with Crippen molar-refractivity contribution in [2.24, 2.45) is 16.7 Å². The number of carbonyl (C=O) groups is 5. The maximum Gasteiger partial charge on any atom is 0.246 e. The largest absolute Gasteiger partial charge is 0.359 e. The predicted molar refractivity (Wildman–Crippen MR) is 170 cm³/mol. The molecular formula is C29H53N5O5S2. The van der Waals surface area contributed by atoms with Gasteiger partial charge in [0.1, 0.15) is 0 Å². The third-order valence-electron chi connectivity index (χ3n) is 6.85. The van der Waals surface area contributed by atoms with Gasteiger partial charge in [-0.15, -0.1) is 0 Å². The molecular weight excluding hydrogens is 562 g/mol. The fourth-order valence-electron chi connectivity index (χ4n) is 4.35. The molecule has 0 aromatic rings. The van der Waals surface area contributed by atoms with Crippen molar-refractivity contribution in [2.75, 3.05) is 38.2 Å². The van der Waals surface area contributed by atoms with Gasteiger partial charge in [0.05, 0.1) is 0 Å². The van der Waals surface area contributed by atoms with E-state index in [9.17, 15) is 24.0 Å². The maximum atomic E-state index is 13.5. The highest BCUT2D eigenvalue weighted by Gasteiger charge is 2.45. The second kappa shape index (κ2) is 19.8. The highest BCUT2D eigenvalue weighted by Crippen LogP contribution is 2.41. The summed E-state index contributed by atoms with van der Waals surface area (Å²) in [7, 11) is 4.80. The van der Waals surface area contributed by atoms with E-state index in [1.54, 1.807) is 42.5 Å². The summed E-state index contributed by atoms with van der Waals surface area (Å²) in [5.74, 6) is 0.272. The first-order chi connectivity index (χ1) is 19.1. The van der Waals surface area contributed by atoms with Crippen molar-refractivity contribution in [3.8, 4) is 0 Å². The zero-order valence-electron chi connectivity index (χ0n) is 26.3. The van der Waals surface area contributed by atoms with Crippen molar-refractivity contribution in [3.63, 3.8) is 0 Å². The molecule has 5 amide bonds. The van der Waals surface area contributed by atoms with Gasteiger partial charge in [-0.1, -0.05) is 55.9 Å². The van der Waals surface area contributed by atoms with E-state index in [0.29, 0.717) is 50.2 Å². The average molecular weight is 616 g/mol. The lowest BCUT2D eigenvalue weighted by atomic mass is 9.67. The van der Waals surface area contributed by atoms with Crippen molar-refractivity contribution in [2.45, 2.75) is 86.6 Å². The molecule has 41 heavy (non-hydrogen) atoms. The topological polar surface area (TPSA) is 146 Å². The highest BCUT2D eigenvalue weighted by molar-refractivity contribution is 8.76. The van der Waals surface area contributed by atoms with Gasteiger partial charge in [-0.2, -0.15) is 0 Å². The molecule has 0 fully saturated rings. The predicted octanol–water partition coefficient (Wildman–Crippen LogP) is 3.18. The second-order valence-corrected chi connectivity index (χ2v) is 14.1. The van der Waals surface area contributed by atoms with Crippen LogP contribution in [0, 0.1) is 16.7 Å². The number of carbonyl (C=O) groups excluding carboxylic acids is 5. The summed E-state index contributed by atoms with van der Waals surface area (Å²) in [5.41, 5.74) is -1.33. The third-order valence-corrected chi connectivity index (χ3v) is 9.26. The van der Waals surface area contributed by atoms with E-state index < -0.39 is 16.7 Å². The normalized spacial score (nSPS) is 14.7. The molecule has 0 aliphatic rings. The van der Waals surface area contributed by atoms with Crippen LogP contribution < -0.4 is 26.6 Å². The Kier molecular flexibility index (Phi) is 18.8. The summed E-state index contributed by atoms with van der Waals surface area (Å²) in [6.45, 7) is 17.8. The maximum absolute atomic E-state index is 13.5. The van der Waals surface area contributed by atoms with Gasteiger partial charge in [0, 0.05) is 73.0 Å². The molecule has 0 bridgehead atoms. The molecule has 0 aromatic heterocycles. The Morgan fingerprint density at radius 2 is 1.39 bits per heavy atom. The molecule has 3 unspecified atom stereocenters. The summed E-state index contributed by atoms with van der Waals surface area (Å²) in [4.78, 5) is 62.7. The van der Waals surface area contributed by atoms with E-state index in [0.717, 1.165) is 5.75 Å². The molecule has 5 N–H and O–H groups in total. The van der Waals surface area contributed by atoms with Crippen LogP contribution in [0.15, 0.2) is 12.2 Å². The third kappa shape index (κ3) is 15.6. The molecule has 0 aromatic carbocycles.